The summed E-state index contributed by atoms with van der Waals surface area (Å²) in [6.45, 7) is 7.45. The van der Waals surface area contributed by atoms with Crippen LogP contribution in [0.15, 0.2) is 36.0 Å². The summed E-state index contributed by atoms with van der Waals surface area (Å²) in [5.74, 6) is -0.611. The van der Waals surface area contributed by atoms with Crippen LogP contribution >= 0.6 is 11.8 Å². The van der Waals surface area contributed by atoms with Gasteiger partial charge in [-0.2, -0.15) is 5.10 Å². The second kappa shape index (κ2) is 11.4. The third-order valence-electron chi connectivity index (χ3n) is 11.1. The zero-order valence-electron chi connectivity index (χ0n) is 25.8. The number of aliphatic hydroxyl groups is 1. The van der Waals surface area contributed by atoms with Gasteiger partial charge in [-0.1, -0.05) is 38.1 Å². The first-order valence-corrected chi connectivity index (χ1v) is 16.7. The lowest BCUT2D eigenvalue weighted by Gasteiger charge is -2.60. The molecule has 0 amide bonds. The van der Waals surface area contributed by atoms with Gasteiger partial charge in [0.2, 0.25) is 5.12 Å². The van der Waals surface area contributed by atoms with Crippen LogP contribution < -0.4 is 0 Å². The monoisotopic (exact) mass is 624 g/mol. The van der Waals surface area contributed by atoms with Crippen molar-refractivity contribution in [1.29, 1.82) is 0 Å². The van der Waals surface area contributed by atoms with Crippen LogP contribution in [0, 0.1) is 34.4 Å². The standard InChI is InChI=1S/C34H41FN2O6S/c1-5-29(40)43-34(31(41)44-15-14-42-20(2)38)13-12-26-25-11-6-22-16-27-21(19-36-37(27)24-9-7-23(35)8-10-24)17-32(22,3)30(25)28(39)18-33(26,34)4/h7-10,16,19,25-26,28,30,39H,5-6,11-15,17-18H2,1-4H3/t25-,26?,28-,30?,32-,33-,34-/m0/s1. The highest BCUT2D eigenvalue weighted by Gasteiger charge is 2.70. The fourth-order valence-electron chi connectivity index (χ4n) is 9.21. The molecule has 4 aliphatic carbocycles. The van der Waals surface area contributed by atoms with E-state index in [4.69, 9.17) is 9.47 Å². The van der Waals surface area contributed by atoms with E-state index in [0.717, 1.165) is 54.4 Å². The van der Waals surface area contributed by atoms with Gasteiger partial charge in [0.15, 0.2) is 5.60 Å². The van der Waals surface area contributed by atoms with Crippen molar-refractivity contribution in [2.45, 2.75) is 84.3 Å². The van der Waals surface area contributed by atoms with Crippen molar-refractivity contribution in [2.75, 3.05) is 12.4 Å². The highest BCUT2D eigenvalue weighted by atomic mass is 32.2. The number of thioether (sulfide) groups is 1. The molecule has 1 heterocycles. The summed E-state index contributed by atoms with van der Waals surface area (Å²) < 4.78 is 26.6. The summed E-state index contributed by atoms with van der Waals surface area (Å²) in [6.07, 6.45) is 7.54. The third kappa shape index (κ3) is 4.83. The number of carbonyl (C=O) groups is 3. The van der Waals surface area contributed by atoms with E-state index in [1.165, 1.54) is 24.6 Å². The molecule has 1 aromatic carbocycles. The Kier molecular flexibility index (Phi) is 8.06. The largest absolute Gasteiger partial charge is 0.465 e. The number of halogens is 1. The average molecular weight is 625 g/mol. The Hall–Kier alpha value is -2.98. The Morgan fingerprint density at radius 1 is 1.18 bits per heavy atom. The number of esters is 2. The van der Waals surface area contributed by atoms with Gasteiger partial charge in [0.1, 0.15) is 12.4 Å². The number of hydrogen-bond acceptors (Lipinski definition) is 8. The highest BCUT2D eigenvalue weighted by Crippen LogP contribution is 2.68. The molecule has 0 aliphatic heterocycles. The zero-order chi connectivity index (χ0) is 31.4. The number of hydrogen-bond donors (Lipinski definition) is 1. The van der Waals surface area contributed by atoms with Crippen LogP contribution in [0.1, 0.15) is 77.5 Å². The van der Waals surface area contributed by atoms with Gasteiger partial charge in [-0.3, -0.25) is 14.4 Å². The number of benzene rings is 1. The van der Waals surface area contributed by atoms with E-state index in [-0.39, 0.29) is 52.9 Å². The Bertz CT molecular complexity index is 1510. The number of ether oxygens (including phenoxy) is 2. The Morgan fingerprint density at radius 2 is 1.93 bits per heavy atom. The van der Waals surface area contributed by atoms with Crippen molar-refractivity contribution < 1.29 is 33.4 Å². The molecule has 1 N–H and O–H groups in total. The lowest BCUT2D eigenvalue weighted by molar-refractivity contribution is -0.196. The van der Waals surface area contributed by atoms with Gasteiger partial charge in [-0.05, 0) is 97.6 Å². The Balaban J connectivity index is 1.30. The minimum atomic E-state index is -1.34. The minimum absolute atomic E-state index is 0.0210. The molecule has 0 radical (unpaired) electrons. The maximum Gasteiger partial charge on any atom is 0.306 e. The lowest BCUT2D eigenvalue weighted by atomic mass is 9.45. The molecule has 0 saturated heterocycles. The van der Waals surface area contributed by atoms with Crippen molar-refractivity contribution in [1.82, 2.24) is 9.78 Å². The van der Waals surface area contributed by atoms with Crippen molar-refractivity contribution in [3.8, 4) is 5.69 Å². The summed E-state index contributed by atoms with van der Waals surface area (Å²) in [7, 11) is 0. The molecular weight excluding hydrogens is 583 g/mol. The summed E-state index contributed by atoms with van der Waals surface area (Å²) >= 11 is 1.05. The van der Waals surface area contributed by atoms with E-state index >= 15 is 0 Å². The molecule has 1 aromatic heterocycles. The van der Waals surface area contributed by atoms with E-state index in [0.29, 0.717) is 12.8 Å². The second-order valence-corrected chi connectivity index (χ2v) is 14.5. The van der Waals surface area contributed by atoms with Crippen molar-refractivity contribution >= 4 is 34.9 Å². The molecule has 8 nitrogen and oxygen atoms in total. The molecule has 2 unspecified atom stereocenters. The predicted octanol–water partition coefficient (Wildman–Crippen LogP) is 5.68. The molecule has 44 heavy (non-hydrogen) atoms. The Labute approximate surface area is 261 Å². The molecule has 6 rings (SSSR count). The van der Waals surface area contributed by atoms with Gasteiger partial charge in [-0.25, -0.2) is 9.07 Å². The molecule has 236 valence electrons. The van der Waals surface area contributed by atoms with Crippen LogP contribution in [0.5, 0.6) is 0 Å². The van der Waals surface area contributed by atoms with Crippen LogP contribution in [-0.2, 0) is 30.3 Å². The molecular formula is C34H41FN2O6S. The van der Waals surface area contributed by atoms with Crippen LogP contribution in [0.4, 0.5) is 4.39 Å². The first-order valence-electron chi connectivity index (χ1n) is 15.7. The van der Waals surface area contributed by atoms with Crippen molar-refractivity contribution in [3.63, 3.8) is 0 Å². The van der Waals surface area contributed by atoms with E-state index in [1.807, 2.05) is 17.8 Å². The van der Waals surface area contributed by atoms with Gasteiger partial charge in [0.25, 0.3) is 0 Å². The maximum absolute atomic E-state index is 14.0. The minimum Gasteiger partial charge on any atom is -0.465 e. The number of allylic oxidation sites excluding steroid dienone is 1. The number of carbonyl (C=O) groups excluding carboxylic acids is 3. The van der Waals surface area contributed by atoms with Gasteiger partial charge in [-0.15, -0.1) is 0 Å². The number of fused-ring (bicyclic) bond motifs is 6. The van der Waals surface area contributed by atoms with E-state index in [9.17, 15) is 23.9 Å². The van der Waals surface area contributed by atoms with E-state index in [1.54, 1.807) is 19.1 Å². The quantitative estimate of drug-likeness (QED) is 0.310. The fourth-order valence-corrected chi connectivity index (χ4v) is 10.2. The molecule has 0 bridgehead atoms. The van der Waals surface area contributed by atoms with Gasteiger partial charge in [0, 0.05) is 24.5 Å². The normalized spacial score (nSPS) is 33.7. The molecule has 4 aliphatic rings. The average Bonchev–Trinajstić information content (AvgIpc) is 3.51. The number of aromatic nitrogens is 2. The van der Waals surface area contributed by atoms with Crippen molar-refractivity contribution in [2.24, 2.45) is 28.6 Å². The molecule has 10 heteroatoms. The van der Waals surface area contributed by atoms with E-state index < -0.39 is 29.1 Å². The Morgan fingerprint density at radius 3 is 2.64 bits per heavy atom. The van der Waals surface area contributed by atoms with Crippen LogP contribution in [0.3, 0.4) is 0 Å². The second-order valence-electron chi connectivity index (χ2n) is 13.4. The highest BCUT2D eigenvalue weighted by molar-refractivity contribution is 8.13. The molecule has 0 spiro atoms. The van der Waals surface area contributed by atoms with Crippen LogP contribution in [0.25, 0.3) is 11.8 Å². The number of rotatable bonds is 7. The van der Waals surface area contributed by atoms with Gasteiger partial charge < -0.3 is 14.6 Å². The van der Waals surface area contributed by atoms with Crippen molar-refractivity contribution in [3.05, 3.63) is 53.1 Å². The molecule has 2 aromatic rings. The smallest absolute Gasteiger partial charge is 0.306 e. The predicted molar refractivity (Wildman–Crippen MR) is 164 cm³/mol. The topological polar surface area (TPSA) is 108 Å². The molecule has 3 fully saturated rings. The maximum atomic E-state index is 14.0. The summed E-state index contributed by atoms with van der Waals surface area (Å²) in [5, 5.41) is 16.5. The first kappa shape index (κ1) is 31.0. The SMILES string of the molecule is CCC(=O)O[C@]1(C(=O)SCCOC(C)=O)CCC2[C@@H]3CCC4=Cc5c(cnn5-c5ccc(F)cc5)C[C@]4(C)C3[C@@H](O)C[C@@]21C. The van der Waals surface area contributed by atoms with Crippen LogP contribution in [-0.4, -0.2) is 56.0 Å². The number of nitrogens with zero attached hydrogens (tertiary/aromatic N) is 2. The summed E-state index contributed by atoms with van der Waals surface area (Å²) in [5.41, 5.74) is 1.83. The number of aliphatic hydroxyl groups excluding tert-OH is 1. The fraction of sp³-hybridized carbons (Fsp3) is 0.588. The summed E-state index contributed by atoms with van der Waals surface area (Å²) in [4.78, 5) is 38.0. The van der Waals surface area contributed by atoms with E-state index in [2.05, 4.69) is 18.1 Å². The zero-order valence-corrected chi connectivity index (χ0v) is 26.6. The lowest BCUT2D eigenvalue weighted by Crippen LogP contribution is -2.62. The molecule has 3 saturated carbocycles. The first-order chi connectivity index (χ1) is 20.9. The third-order valence-corrected chi connectivity index (χ3v) is 12.1. The molecule has 7 atom stereocenters. The van der Waals surface area contributed by atoms with Crippen LogP contribution in [0.2, 0.25) is 0 Å². The van der Waals surface area contributed by atoms with Gasteiger partial charge >= 0.3 is 11.9 Å². The van der Waals surface area contributed by atoms with Gasteiger partial charge in [0.05, 0.1) is 23.7 Å². The summed E-state index contributed by atoms with van der Waals surface area (Å²) in [6, 6.07) is 6.33.